The molecule has 1 aromatic heterocycles. The molecule has 0 spiro atoms. The molecule has 0 radical (unpaired) electrons. The number of alkyl halides is 2. The molecular formula is C19H23F2N3O3. The van der Waals surface area contributed by atoms with E-state index in [-0.39, 0.29) is 18.7 Å². The summed E-state index contributed by atoms with van der Waals surface area (Å²) < 4.78 is 26.7. The Balaban J connectivity index is 1.93. The zero-order valence-electron chi connectivity index (χ0n) is 14.9. The summed E-state index contributed by atoms with van der Waals surface area (Å²) in [7, 11) is 0. The second-order valence-electron chi connectivity index (χ2n) is 6.41. The van der Waals surface area contributed by atoms with Gasteiger partial charge in [-0.1, -0.05) is 30.3 Å². The van der Waals surface area contributed by atoms with Gasteiger partial charge in [-0.25, -0.2) is 13.6 Å². The smallest absolute Gasteiger partial charge is 0.404 e. The molecule has 1 aromatic carbocycles. The number of carbonyl (C=O) groups is 1. The Morgan fingerprint density at radius 3 is 2.56 bits per heavy atom. The summed E-state index contributed by atoms with van der Waals surface area (Å²) in [6.07, 6.45) is 0.688. The van der Waals surface area contributed by atoms with Crippen LogP contribution in [0.25, 0.3) is 0 Å². The van der Waals surface area contributed by atoms with Crippen molar-refractivity contribution in [2.75, 3.05) is 6.54 Å². The van der Waals surface area contributed by atoms with Crippen molar-refractivity contribution in [1.82, 2.24) is 15.6 Å². The van der Waals surface area contributed by atoms with Crippen LogP contribution < -0.4 is 10.6 Å². The molecule has 1 heterocycles. The van der Waals surface area contributed by atoms with E-state index in [9.17, 15) is 18.7 Å². The number of amides is 1. The topological polar surface area (TPSA) is 94.5 Å². The molecule has 6 nitrogen and oxygen atoms in total. The molecule has 1 unspecified atom stereocenters. The number of carboxylic acid groups (broad SMARTS) is 1. The Kier molecular flexibility index (Phi) is 7.20. The number of halogens is 2. The molecule has 0 saturated heterocycles. The standard InChI is InChI=1S/C19H23F2N3O3/c1-19(20,21)15-7-14(9-22-11-15)10-23-12-17(25)16(24-18(26)27)8-13-5-3-2-4-6-13/h2-7,9,11,16-17,23-25H,8,10,12H2,1H3,(H,26,27)/t16?,17-/m1/s1. The van der Waals surface area contributed by atoms with Gasteiger partial charge in [0, 0.05) is 38.0 Å². The van der Waals surface area contributed by atoms with E-state index in [1.54, 1.807) is 0 Å². The normalized spacial score (nSPS) is 13.8. The third-order valence-electron chi connectivity index (χ3n) is 4.06. The van der Waals surface area contributed by atoms with Crippen molar-refractivity contribution in [1.29, 1.82) is 0 Å². The summed E-state index contributed by atoms with van der Waals surface area (Å²) in [5.41, 5.74) is 1.25. The van der Waals surface area contributed by atoms with E-state index < -0.39 is 24.2 Å². The zero-order valence-corrected chi connectivity index (χ0v) is 14.9. The molecule has 1 amide bonds. The number of nitrogens with zero attached hydrogens (tertiary/aromatic N) is 1. The number of hydrogen-bond acceptors (Lipinski definition) is 4. The number of aromatic nitrogens is 1. The summed E-state index contributed by atoms with van der Waals surface area (Å²) in [5.74, 6) is -2.98. The van der Waals surface area contributed by atoms with Gasteiger partial charge < -0.3 is 20.8 Å². The quantitative estimate of drug-likeness (QED) is 0.537. The largest absolute Gasteiger partial charge is 0.465 e. The van der Waals surface area contributed by atoms with Crippen LogP contribution in [0.5, 0.6) is 0 Å². The molecule has 0 bridgehead atoms. The van der Waals surface area contributed by atoms with E-state index in [0.717, 1.165) is 18.7 Å². The van der Waals surface area contributed by atoms with Gasteiger partial charge in [0.15, 0.2) is 0 Å². The lowest BCUT2D eigenvalue weighted by molar-refractivity contribution is 0.0170. The Hall–Kier alpha value is -2.58. The summed E-state index contributed by atoms with van der Waals surface area (Å²) in [6, 6.07) is 9.86. The fraction of sp³-hybridized carbons (Fsp3) is 0.368. The minimum absolute atomic E-state index is 0.0878. The van der Waals surface area contributed by atoms with Crippen LogP contribution in [0.2, 0.25) is 0 Å². The molecule has 4 N–H and O–H groups in total. The molecule has 2 rings (SSSR count). The van der Waals surface area contributed by atoms with Crippen LogP contribution in [0.3, 0.4) is 0 Å². The first-order chi connectivity index (χ1) is 12.8. The highest BCUT2D eigenvalue weighted by Gasteiger charge is 2.25. The number of aliphatic hydroxyl groups excluding tert-OH is 1. The first-order valence-electron chi connectivity index (χ1n) is 8.50. The van der Waals surface area contributed by atoms with Crippen LogP contribution >= 0.6 is 0 Å². The van der Waals surface area contributed by atoms with Gasteiger partial charge in [0.25, 0.3) is 5.92 Å². The fourth-order valence-corrected chi connectivity index (χ4v) is 2.64. The molecule has 0 aliphatic heterocycles. The van der Waals surface area contributed by atoms with Gasteiger partial charge in [-0.3, -0.25) is 4.98 Å². The molecule has 2 aromatic rings. The average molecular weight is 379 g/mol. The summed E-state index contributed by atoms with van der Waals surface area (Å²) >= 11 is 0. The number of rotatable bonds is 9. The lowest BCUT2D eigenvalue weighted by Crippen LogP contribution is -2.48. The molecule has 8 heteroatoms. The molecule has 0 aliphatic carbocycles. The van der Waals surface area contributed by atoms with E-state index >= 15 is 0 Å². The molecule has 0 aliphatic rings. The van der Waals surface area contributed by atoms with Crippen molar-refractivity contribution in [3.05, 3.63) is 65.5 Å². The number of aliphatic hydroxyl groups is 1. The Labute approximate surface area is 156 Å². The summed E-state index contributed by atoms with van der Waals surface area (Å²) in [6.45, 7) is 1.11. The molecule has 27 heavy (non-hydrogen) atoms. The van der Waals surface area contributed by atoms with Gasteiger partial charge >= 0.3 is 6.09 Å². The highest BCUT2D eigenvalue weighted by atomic mass is 19.3. The molecular weight excluding hydrogens is 356 g/mol. The van der Waals surface area contributed by atoms with E-state index in [4.69, 9.17) is 5.11 Å². The van der Waals surface area contributed by atoms with E-state index in [1.807, 2.05) is 30.3 Å². The van der Waals surface area contributed by atoms with Gasteiger partial charge in [0.1, 0.15) is 0 Å². The molecule has 146 valence electrons. The van der Waals surface area contributed by atoms with E-state index in [1.165, 1.54) is 12.3 Å². The zero-order chi connectivity index (χ0) is 19.9. The highest BCUT2D eigenvalue weighted by molar-refractivity contribution is 5.65. The SMILES string of the molecule is CC(F)(F)c1cncc(CNC[C@@H](O)C(Cc2ccccc2)NC(=O)O)c1. The molecule has 2 atom stereocenters. The number of benzene rings is 1. The number of pyridine rings is 1. The lowest BCUT2D eigenvalue weighted by Gasteiger charge is -2.23. The second-order valence-corrected chi connectivity index (χ2v) is 6.41. The first-order valence-corrected chi connectivity index (χ1v) is 8.50. The van der Waals surface area contributed by atoms with Crippen LogP contribution in [0.15, 0.2) is 48.8 Å². The van der Waals surface area contributed by atoms with Crippen molar-refractivity contribution < 1.29 is 23.8 Å². The van der Waals surface area contributed by atoms with Crippen LogP contribution in [0.1, 0.15) is 23.6 Å². The van der Waals surface area contributed by atoms with Crippen molar-refractivity contribution in [3.8, 4) is 0 Å². The maximum atomic E-state index is 13.4. The van der Waals surface area contributed by atoms with Gasteiger partial charge in [-0.15, -0.1) is 0 Å². The second kappa shape index (κ2) is 9.38. The Bertz CT molecular complexity index is 738. The van der Waals surface area contributed by atoms with Gasteiger partial charge in [0.05, 0.1) is 12.1 Å². The third kappa shape index (κ3) is 6.92. The van der Waals surface area contributed by atoms with Gasteiger partial charge in [0.2, 0.25) is 0 Å². The third-order valence-corrected chi connectivity index (χ3v) is 4.06. The Morgan fingerprint density at radius 2 is 1.93 bits per heavy atom. The Morgan fingerprint density at radius 1 is 1.22 bits per heavy atom. The predicted molar refractivity (Wildman–Crippen MR) is 96.6 cm³/mol. The number of hydrogen-bond donors (Lipinski definition) is 4. The van der Waals surface area contributed by atoms with Gasteiger partial charge in [-0.2, -0.15) is 0 Å². The van der Waals surface area contributed by atoms with Crippen LogP contribution in [-0.4, -0.2) is 40.0 Å². The molecule has 0 saturated carbocycles. The van der Waals surface area contributed by atoms with Crippen LogP contribution in [-0.2, 0) is 18.9 Å². The monoisotopic (exact) mass is 379 g/mol. The van der Waals surface area contributed by atoms with Gasteiger partial charge in [-0.05, 0) is 23.6 Å². The van der Waals surface area contributed by atoms with E-state index in [0.29, 0.717) is 12.0 Å². The molecule has 0 fully saturated rings. The maximum absolute atomic E-state index is 13.4. The first kappa shape index (κ1) is 20.7. The van der Waals surface area contributed by atoms with Crippen molar-refractivity contribution in [2.24, 2.45) is 0 Å². The van der Waals surface area contributed by atoms with Crippen molar-refractivity contribution in [2.45, 2.75) is 38.0 Å². The predicted octanol–water partition coefficient (Wildman–Crippen LogP) is 2.52. The van der Waals surface area contributed by atoms with Crippen LogP contribution in [0, 0.1) is 0 Å². The maximum Gasteiger partial charge on any atom is 0.404 e. The highest BCUT2D eigenvalue weighted by Crippen LogP contribution is 2.26. The fourth-order valence-electron chi connectivity index (χ4n) is 2.64. The lowest BCUT2D eigenvalue weighted by atomic mass is 10.0. The van der Waals surface area contributed by atoms with Crippen LogP contribution in [0.4, 0.5) is 13.6 Å². The van der Waals surface area contributed by atoms with Crippen molar-refractivity contribution in [3.63, 3.8) is 0 Å². The minimum Gasteiger partial charge on any atom is -0.465 e. The van der Waals surface area contributed by atoms with E-state index in [2.05, 4.69) is 15.6 Å². The number of nitrogens with one attached hydrogen (secondary N) is 2. The summed E-state index contributed by atoms with van der Waals surface area (Å²) in [4.78, 5) is 14.8. The minimum atomic E-state index is -2.98. The summed E-state index contributed by atoms with van der Waals surface area (Å²) in [5, 5.41) is 24.6. The average Bonchev–Trinajstić information content (AvgIpc) is 2.61. The van der Waals surface area contributed by atoms with Crippen molar-refractivity contribution >= 4 is 6.09 Å².